The van der Waals surface area contributed by atoms with Gasteiger partial charge in [-0.1, -0.05) is 24.8 Å². The highest BCUT2D eigenvalue weighted by atomic mass is 16.5. The van der Waals surface area contributed by atoms with E-state index in [2.05, 4.69) is 25.8 Å². The SMILES string of the molecule is C=CCOc1ccc(C[NH+](C)Cc2c(O)ccc3ccc(OC)cc23)cc1. The largest absolute Gasteiger partial charge is 0.507 e. The van der Waals surface area contributed by atoms with E-state index in [4.69, 9.17) is 9.47 Å². The Balaban J connectivity index is 1.76. The number of quaternary nitrogens is 1. The molecule has 0 heterocycles. The van der Waals surface area contributed by atoms with Crippen LogP contribution in [0.15, 0.2) is 67.3 Å². The number of hydrogen-bond donors (Lipinski definition) is 2. The lowest BCUT2D eigenvalue weighted by molar-refractivity contribution is -0.907. The lowest BCUT2D eigenvalue weighted by Gasteiger charge is -2.17. The molecule has 0 aliphatic carbocycles. The molecule has 0 aliphatic rings. The van der Waals surface area contributed by atoms with Crippen LogP contribution in [0.1, 0.15) is 11.1 Å². The number of fused-ring (bicyclic) bond motifs is 1. The number of methoxy groups -OCH3 is 1. The second-order valence-corrected chi connectivity index (χ2v) is 6.70. The zero-order valence-corrected chi connectivity index (χ0v) is 15.9. The molecule has 0 saturated heterocycles. The average molecular weight is 364 g/mol. The Bertz CT molecular complexity index is 919. The van der Waals surface area contributed by atoms with E-state index in [9.17, 15) is 5.11 Å². The molecule has 0 aliphatic heterocycles. The van der Waals surface area contributed by atoms with E-state index in [1.54, 1.807) is 19.3 Å². The molecule has 1 atom stereocenters. The predicted molar refractivity (Wildman–Crippen MR) is 109 cm³/mol. The van der Waals surface area contributed by atoms with Gasteiger partial charge in [-0.3, -0.25) is 0 Å². The number of phenols is 1. The standard InChI is InChI=1S/C23H25NO3/c1-4-13-27-19-9-5-17(6-10-19)15-24(2)16-22-21-14-20(26-3)11-7-18(21)8-12-23(22)25/h4-12,14,25H,1,13,15-16H2,2-3H3/p+1. The Morgan fingerprint density at radius 1 is 1.00 bits per heavy atom. The molecule has 4 nitrogen and oxygen atoms in total. The van der Waals surface area contributed by atoms with Crippen molar-refractivity contribution in [1.82, 2.24) is 0 Å². The maximum atomic E-state index is 10.4. The second-order valence-electron chi connectivity index (χ2n) is 6.70. The number of ether oxygens (including phenoxy) is 2. The summed E-state index contributed by atoms with van der Waals surface area (Å²) in [5.74, 6) is 1.96. The lowest BCUT2D eigenvalue weighted by Crippen LogP contribution is -3.06. The van der Waals surface area contributed by atoms with Crippen LogP contribution in [-0.4, -0.2) is 25.9 Å². The second kappa shape index (κ2) is 8.60. The van der Waals surface area contributed by atoms with E-state index in [0.29, 0.717) is 18.9 Å². The van der Waals surface area contributed by atoms with Gasteiger partial charge in [-0.05, 0) is 53.2 Å². The Morgan fingerprint density at radius 2 is 1.70 bits per heavy atom. The van der Waals surface area contributed by atoms with Crippen LogP contribution in [0.3, 0.4) is 0 Å². The van der Waals surface area contributed by atoms with Gasteiger partial charge in [-0.15, -0.1) is 0 Å². The van der Waals surface area contributed by atoms with Crippen molar-refractivity contribution < 1.29 is 19.5 Å². The maximum absolute atomic E-state index is 10.4. The smallest absolute Gasteiger partial charge is 0.125 e. The molecule has 0 spiro atoms. The Labute approximate surface area is 160 Å². The van der Waals surface area contributed by atoms with Crippen LogP contribution in [0, 0.1) is 0 Å². The number of phenolic OH excluding ortho intramolecular Hbond substituents is 1. The number of hydrogen-bond acceptors (Lipinski definition) is 3. The summed E-state index contributed by atoms with van der Waals surface area (Å²) in [7, 11) is 3.78. The fourth-order valence-corrected chi connectivity index (χ4v) is 3.23. The highest BCUT2D eigenvalue weighted by molar-refractivity contribution is 5.88. The highest BCUT2D eigenvalue weighted by Crippen LogP contribution is 2.29. The van der Waals surface area contributed by atoms with Crippen molar-refractivity contribution in [3.63, 3.8) is 0 Å². The molecule has 4 heteroatoms. The summed E-state index contributed by atoms with van der Waals surface area (Å²) >= 11 is 0. The normalized spacial score (nSPS) is 11.9. The topological polar surface area (TPSA) is 43.1 Å². The van der Waals surface area contributed by atoms with Crippen LogP contribution < -0.4 is 14.4 Å². The van der Waals surface area contributed by atoms with Gasteiger partial charge in [0.1, 0.15) is 36.9 Å². The molecule has 0 saturated carbocycles. The van der Waals surface area contributed by atoms with Gasteiger partial charge in [0, 0.05) is 5.56 Å². The zero-order valence-electron chi connectivity index (χ0n) is 15.9. The third-order valence-electron chi connectivity index (χ3n) is 4.59. The predicted octanol–water partition coefficient (Wildman–Crippen LogP) is 3.33. The molecule has 0 fully saturated rings. The van der Waals surface area contributed by atoms with Crippen molar-refractivity contribution in [1.29, 1.82) is 0 Å². The van der Waals surface area contributed by atoms with Gasteiger partial charge in [0.15, 0.2) is 0 Å². The van der Waals surface area contributed by atoms with E-state index in [1.807, 2.05) is 36.4 Å². The molecular weight excluding hydrogens is 338 g/mol. The third kappa shape index (κ3) is 4.60. The molecule has 0 aromatic heterocycles. The maximum Gasteiger partial charge on any atom is 0.125 e. The number of nitrogens with one attached hydrogen (secondary N) is 1. The number of aromatic hydroxyl groups is 1. The average Bonchev–Trinajstić information content (AvgIpc) is 2.69. The number of rotatable bonds is 8. The van der Waals surface area contributed by atoms with Crippen molar-refractivity contribution >= 4 is 10.8 Å². The van der Waals surface area contributed by atoms with Gasteiger partial charge in [-0.25, -0.2) is 0 Å². The van der Waals surface area contributed by atoms with Crippen LogP contribution in [0.25, 0.3) is 10.8 Å². The first-order valence-corrected chi connectivity index (χ1v) is 9.03. The van der Waals surface area contributed by atoms with E-state index >= 15 is 0 Å². The molecule has 3 aromatic carbocycles. The molecule has 140 valence electrons. The highest BCUT2D eigenvalue weighted by Gasteiger charge is 2.14. The van der Waals surface area contributed by atoms with Crippen molar-refractivity contribution in [3.8, 4) is 17.2 Å². The van der Waals surface area contributed by atoms with Gasteiger partial charge in [0.2, 0.25) is 0 Å². The molecule has 2 N–H and O–H groups in total. The Kier molecular flexibility index (Phi) is 5.99. The summed E-state index contributed by atoms with van der Waals surface area (Å²) in [6, 6.07) is 17.8. The molecule has 3 aromatic rings. The van der Waals surface area contributed by atoms with Crippen LogP contribution in [0.2, 0.25) is 0 Å². The van der Waals surface area contributed by atoms with Crippen LogP contribution >= 0.6 is 0 Å². The van der Waals surface area contributed by atoms with Crippen LogP contribution in [0.5, 0.6) is 17.2 Å². The van der Waals surface area contributed by atoms with Gasteiger partial charge >= 0.3 is 0 Å². The monoisotopic (exact) mass is 364 g/mol. The first kappa shape index (κ1) is 18.8. The zero-order chi connectivity index (χ0) is 19.2. The van der Waals surface area contributed by atoms with Gasteiger partial charge < -0.3 is 19.5 Å². The van der Waals surface area contributed by atoms with E-state index < -0.39 is 0 Å². The minimum absolute atomic E-state index is 0.322. The van der Waals surface area contributed by atoms with Crippen LogP contribution in [0.4, 0.5) is 0 Å². The van der Waals surface area contributed by atoms with E-state index in [0.717, 1.165) is 34.4 Å². The van der Waals surface area contributed by atoms with Crippen molar-refractivity contribution in [3.05, 3.63) is 78.4 Å². The minimum atomic E-state index is 0.322. The first-order valence-electron chi connectivity index (χ1n) is 9.03. The summed E-state index contributed by atoms with van der Waals surface area (Å²) < 4.78 is 10.9. The number of benzene rings is 3. The van der Waals surface area contributed by atoms with E-state index in [-0.39, 0.29) is 0 Å². The van der Waals surface area contributed by atoms with Crippen molar-refractivity contribution in [2.24, 2.45) is 0 Å². The molecule has 3 rings (SSSR count). The molecule has 27 heavy (non-hydrogen) atoms. The van der Waals surface area contributed by atoms with Gasteiger partial charge in [0.05, 0.1) is 19.7 Å². The third-order valence-corrected chi connectivity index (χ3v) is 4.59. The molecule has 0 bridgehead atoms. The molecule has 0 radical (unpaired) electrons. The molecule has 1 unspecified atom stereocenters. The van der Waals surface area contributed by atoms with Crippen LogP contribution in [-0.2, 0) is 13.1 Å². The quantitative estimate of drug-likeness (QED) is 0.603. The van der Waals surface area contributed by atoms with Gasteiger partial charge in [-0.2, -0.15) is 0 Å². The fourth-order valence-electron chi connectivity index (χ4n) is 3.23. The summed E-state index contributed by atoms with van der Waals surface area (Å²) in [5, 5.41) is 12.6. The van der Waals surface area contributed by atoms with Gasteiger partial charge in [0.25, 0.3) is 0 Å². The summed E-state index contributed by atoms with van der Waals surface area (Å²) in [5.41, 5.74) is 2.16. The van der Waals surface area contributed by atoms with Crippen molar-refractivity contribution in [2.75, 3.05) is 20.8 Å². The fraction of sp³-hybridized carbons (Fsp3) is 0.217. The summed E-state index contributed by atoms with van der Waals surface area (Å²) in [6.07, 6.45) is 1.73. The Hall–Kier alpha value is -2.98. The molecule has 0 amide bonds. The van der Waals surface area contributed by atoms with E-state index in [1.165, 1.54) is 10.5 Å². The lowest BCUT2D eigenvalue weighted by atomic mass is 10.0. The summed E-state index contributed by atoms with van der Waals surface area (Å²) in [4.78, 5) is 1.28. The Morgan fingerprint density at radius 3 is 2.41 bits per heavy atom. The molecular formula is C23H26NO3+. The minimum Gasteiger partial charge on any atom is -0.507 e. The summed E-state index contributed by atoms with van der Waals surface area (Å²) in [6.45, 7) is 5.73. The van der Waals surface area contributed by atoms with Crippen molar-refractivity contribution in [2.45, 2.75) is 13.1 Å². The first-order chi connectivity index (χ1) is 13.1.